The van der Waals surface area contributed by atoms with Gasteiger partial charge in [-0.25, -0.2) is 19.5 Å². The number of urea groups is 1. The zero-order valence-electron chi connectivity index (χ0n) is 19.8. The number of rotatable bonds is 7. The smallest absolute Gasteiger partial charge is 0.357 e. The maximum atomic E-state index is 13.5. The molecule has 2 aromatic carbocycles. The van der Waals surface area contributed by atoms with Gasteiger partial charge in [-0.15, -0.1) is 11.3 Å². The molecule has 0 spiro atoms. The first-order valence-electron chi connectivity index (χ1n) is 11.2. The van der Waals surface area contributed by atoms with Gasteiger partial charge in [0.15, 0.2) is 22.3 Å². The molecule has 38 heavy (non-hydrogen) atoms. The number of fused-ring (bicyclic) bond motifs is 1. The SMILES string of the molecule is COC(=O)c1csc(NC(=O)[C@H](Cc2ccc(C#N)cc2)N2C(=O)NC(c3ccc4c(c3)OCO4)C2=O)n1. The molecule has 192 valence electrons. The quantitative estimate of drug-likeness (QED) is 0.343. The van der Waals surface area contributed by atoms with Crippen LogP contribution in [0.15, 0.2) is 47.8 Å². The Kier molecular flexibility index (Phi) is 6.63. The highest BCUT2D eigenvalue weighted by Crippen LogP contribution is 2.36. The van der Waals surface area contributed by atoms with Gasteiger partial charge in [-0.1, -0.05) is 18.2 Å². The molecule has 5 rings (SSSR count). The van der Waals surface area contributed by atoms with Gasteiger partial charge in [-0.05, 0) is 35.4 Å². The number of amides is 4. The Morgan fingerprint density at radius 3 is 2.74 bits per heavy atom. The molecule has 2 aliphatic heterocycles. The lowest BCUT2D eigenvalue weighted by atomic mass is 10.0. The third-order valence-electron chi connectivity index (χ3n) is 5.96. The van der Waals surface area contributed by atoms with E-state index in [1.165, 1.54) is 12.5 Å². The van der Waals surface area contributed by atoms with E-state index in [0.717, 1.165) is 16.2 Å². The molecule has 2 atom stereocenters. The Morgan fingerprint density at radius 1 is 1.24 bits per heavy atom. The van der Waals surface area contributed by atoms with Crippen LogP contribution in [0.2, 0.25) is 0 Å². The molecule has 0 radical (unpaired) electrons. The molecule has 12 nitrogen and oxygen atoms in total. The van der Waals surface area contributed by atoms with E-state index in [1.54, 1.807) is 42.5 Å². The number of hydrogen-bond acceptors (Lipinski definition) is 10. The lowest BCUT2D eigenvalue weighted by Crippen LogP contribution is -2.49. The van der Waals surface area contributed by atoms with E-state index in [-0.39, 0.29) is 24.0 Å². The van der Waals surface area contributed by atoms with Gasteiger partial charge >= 0.3 is 12.0 Å². The predicted molar refractivity (Wildman–Crippen MR) is 131 cm³/mol. The van der Waals surface area contributed by atoms with Gasteiger partial charge in [0.1, 0.15) is 12.1 Å². The van der Waals surface area contributed by atoms with Gasteiger partial charge < -0.3 is 24.8 Å². The second-order valence-electron chi connectivity index (χ2n) is 8.25. The summed E-state index contributed by atoms with van der Waals surface area (Å²) in [5, 5.41) is 15.8. The predicted octanol–water partition coefficient (Wildman–Crippen LogP) is 2.37. The van der Waals surface area contributed by atoms with Crippen molar-refractivity contribution in [1.82, 2.24) is 15.2 Å². The number of aromatic nitrogens is 1. The molecule has 0 aliphatic carbocycles. The second-order valence-corrected chi connectivity index (χ2v) is 9.11. The van der Waals surface area contributed by atoms with Gasteiger partial charge in [0.2, 0.25) is 12.7 Å². The molecule has 1 saturated heterocycles. The number of nitriles is 1. The minimum absolute atomic E-state index is 0.00862. The fourth-order valence-electron chi connectivity index (χ4n) is 4.07. The summed E-state index contributed by atoms with van der Waals surface area (Å²) in [6.45, 7) is 0.0527. The van der Waals surface area contributed by atoms with Crippen molar-refractivity contribution in [2.75, 3.05) is 19.2 Å². The van der Waals surface area contributed by atoms with Crippen LogP contribution < -0.4 is 20.1 Å². The summed E-state index contributed by atoms with van der Waals surface area (Å²) in [4.78, 5) is 56.7. The van der Waals surface area contributed by atoms with Gasteiger partial charge in [0.05, 0.1) is 18.7 Å². The summed E-state index contributed by atoms with van der Waals surface area (Å²) in [7, 11) is 1.21. The number of thiazole rings is 1. The summed E-state index contributed by atoms with van der Waals surface area (Å²) < 4.78 is 15.3. The second kappa shape index (κ2) is 10.2. The van der Waals surface area contributed by atoms with Crippen molar-refractivity contribution in [3.05, 3.63) is 70.2 Å². The van der Waals surface area contributed by atoms with Gasteiger partial charge in [0.25, 0.3) is 5.91 Å². The molecule has 2 aliphatic rings. The molecule has 1 unspecified atom stereocenters. The molecule has 2 N–H and O–H groups in total. The van der Waals surface area contributed by atoms with Crippen molar-refractivity contribution in [3.8, 4) is 17.6 Å². The first kappa shape index (κ1) is 24.7. The lowest BCUT2D eigenvalue weighted by molar-refractivity contribution is -0.134. The number of carbonyl (C=O) groups excluding carboxylic acids is 4. The number of esters is 1. The van der Waals surface area contributed by atoms with Crippen molar-refractivity contribution in [1.29, 1.82) is 5.26 Å². The molecule has 1 aromatic heterocycles. The zero-order valence-corrected chi connectivity index (χ0v) is 20.6. The minimum atomic E-state index is -1.26. The van der Waals surface area contributed by atoms with E-state index < -0.39 is 35.9 Å². The maximum Gasteiger partial charge on any atom is 0.357 e. The van der Waals surface area contributed by atoms with Gasteiger partial charge in [-0.3, -0.25) is 9.59 Å². The summed E-state index contributed by atoms with van der Waals surface area (Å²) in [6, 6.07) is 10.3. The summed E-state index contributed by atoms with van der Waals surface area (Å²) in [5.74, 6) is -1.01. The first-order chi connectivity index (χ1) is 18.4. The zero-order chi connectivity index (χ0) is 26.8. The van der Waals surface area contributed by atoms with Crippen LogP contribution in [0.3, 0.4) is 0 Å². The number of nitrogens with one attached hydrogen (secondary N) is 2. The third kappa shape index (κ3) is 4.72. The topological polar surface area (TPSA) is 160 Å². The largest absolute Gasteiger partial charge is 0.464 e. The number of nitrogens with zero attached hydrogens (tertiary/aromatic N) is 3. The van der Waals surface area contributed by atoms with E-state index >= 15 is 0 Å². The fourth-order valence-corrected chi connectivity index (χ4v) is 4.75. The molecule has 1 fully saturated rings. The Labute approximate surface area is 219 Å². The normalized spacial score (nSPS) is 16.5. The molecule has 3 heterocycles. The summed E-state index contributed by atoms with van der Waals surface area (Å²) in [5.41, 5.74) is 1.51. The van der Waals surface area contributed by atoms with Crippen LogP contribution in [0.4, 0.5) is 9.93 Å². The third-order valence-corrected chi connectivity index (χ3v) is 6.71. The van der Waals surface area contributed by atoms with Crippen molar-refractivity contribution in [2.24, 2.45) is 0 Å². The number of anilines is 1. The molecule has 3 aromatic rings. The highest BCUT2D eigenvalue weighted by Gasteiger charge is 2.45. The van der Waals surface area contributed by atoms with Crippen LogP contribution in [-0.4, -0.2) is 53.6 Å². The Morgan fingerprint density at radius 2 is 2.00 bits per heavy atom. The van der Waals surface area contributed by atoms with Crippen molar-refractivity contribution in [2.45, 2.75) is 18.5 Å². The van der Waals surface area contributed by atoms with Crippen molar-refractivity contribution in [3.63, 3.8) is 0 Å². The average molecular weight is 534 g/mol. The van der Waals surface area contributed by atoms with E-state index in [9.17, 15) is 19.2 Å². The molecule has 13 heteroatoms. The Hall–Kier alpha value is -4.96. The number of benzene rings is 2. The number of methoxy groups -OCH3 is 1. The van der Waals surface area contributed by atoms with Crippen LogP contribution in [0.25, 0.3) is 0 Å². The van der Waals surface area contributed by atoms with Gasteiger partial charge in [-0.2, -0.15) is 5.26 Å². The van der Waals surface area contributed by atoms with Gasteiger partial charge in [0, 0.05) is 11.8 Å². The van der Waals surface area contributed by atoms with E-state index in [2.05, 4.69) is 20.4 Å². The standard InChI is InChI=1S/C25H19N5O7S/c1-35-23(33)16-11-38-24(27-16)29-21(31)17(8-13-2-4-14(10-26)5-3-13)30-22(32)20(28-25(30)34)15-6-7-18-19(9-15)37-12-36-18/h2-7,9,11,17,20H,8,12H2,1H3,(H,28,34)(H,27,29,31)/t17-,20?/m0/s1. The molecule has 0 saturated carbocycles. The van der Waals surface area contributed by atoms with Crippen LogP contribution in [0, 0.1) is 11.3 Å². The monoisotopic (exact) mass is 533 g/mol. The van der Waals surface area contributed by atoms with E-state index in [1.807, 2.05) is 6.07 Å². The maximum absolute atomic E-state index is 13.5. The number of ether oxygens (including phenoxy) is 3. The Balaban J connectivity index is 1.43. The summed E-state index contributed by atoms with van der Waals surface area (Å²) >= 11 is 0.993. The lowest BCUT2D eigenvalue weighted by Gasteiger charge is -2.24. The average Bonchev–Trinajstić information content (AvgIpc) is 3.66. The van der Waals surface area contributed by atoms with Crippen LogP contribution in [0.1, 0.15) is 33.2 Å². The van der Waals surface area contributed by atoms with Crippen molar-refractivity contribution >= 4 is 40.3 Å². The number of carbonyl (C=O) groups is 4. The molecule has 4 amide bonds. The fraction of sp³-hybridized carbons (Fsp3) is 0.200. The number of hydrogen-bond donors (Lipinski definition) is 2. The van der Waals surface area contributed by atoms with Crippen LogP contribution >= 0.6 is 11.3 Å². The van der Waals surface area contributed by atoms with E-state index in [0.29, 0.717) is 28.2 Å². The molecular weight excluding hydrogens is 514 g/mol. The molecular formula is C25H19N5O7S. The highest BCUT2D eigenvalue weighted by atomic mass is 32.1. The number of imide groups is 1. The first-order valence-corrected chi connectivity index (χ1v) is 12.1. The minimum Gasteiger partial charge on any atom is -0.464 e. The van der Waals surface area contributed by atoms with E-state index in [4.69, 9.17) is 14.7 Å². The molecule has 0 bridgehead atoms. The highest BCUT2D eigenvalue weighted by molar-refractivity contribution is 7.14. The van der Waals surface area contributed by atoms with Crippen LogP contribution in [-0.2, 0) is 20.7 Å². The summed E-state index contributed by atoms with van der Waals surface area (Å²) in [6.07, 6.45) is -0.0280. The van der Waals surface area contributed by atoms with Crippen molar-refractivity contribution < 1.29 is 33.4 Å². The Bertz CT molecular complexity index is 1480. The van der Waals surface area contributed by atoms with Crippen LogP contribution in [0.5, 0.6) is 11.5 Å².